The minimum Gasteiger partial charge on any atom is -1.00 e. The van der Waals surface area contributed by atoms with E-state index in [1.54, 1.807) is 0 Å². The number of allylic oxidation sites excluding steroid dienone is 8. The van der Waals surface area contributed by atoms with Gasteiger partial charge in [0.2, 0.25) is 0 Å². The fraction of sp³-hybridized carbons (Fsp3) is 0.429. The van der Waals surface area contributed by atoms with Crippen LogP contribution < -0.4 is 9.41 Å². The molecule has 2 aliphatic carbocycles. The molecule has 1 atom stereocenters. The van der Waals surface area contributed by atoms with Crippen molar-refractivity contribution in [2.45, 2.75) is 34.1 Å². The molecule has 0 aliphatic heterocycles. The van der Waals surface area contributed by atoms with Crippen molar-refractivity contribution in [2.24, 2.45) is 5.92 Å². The van der Waals surface area contributed by atoms with Gasteiger partial charge < -0.3 is 9.41 Å². The third-order valence-electron chi connectivity index (χ3n) is 2.82. The average Bonchev–Trinajstić information content (AvgIpc) is 2.78. The third kappa shape index (κ3) is 6.88. The summed E-state index contributed by atoms with van der Waals surface area (Å²) in [6.07, 6.45) is 13.4. The van der Waals surface area contributed by atoms with Crippen LogP contribution in [0.1, 0.15) is 34.1 Å². The van der Waals surface area contributed by atoms with Crippen LogP contribution in [0, 0.1) is 18.1 Å². The summed E-state index contributed by atoms with van der Waals surface area (Å²) in [7, 11) is 0. The van der Waals surface area contributed by atoms with Crippen LogP contribution in [0.3, 0.4) is 0 Å². The number of halogens is 2. The standard InChI is InChI=1S/C9H13.C5H5.2FH.Zr/c1-6-5-7(2)9(4)8(6)3;1-2-4-5-3-1;;;/h6H,1-4H3;1-3H,4H2;2*1H;/q2*-1;;;+4/p-2. The van der Waals surface area contributed by atoms with Crippen LogP contribution in [0.5, 0.6) is 0 Å². The molecule has 0 aromatic heterocycles. The molecule has 0 bridgehead atoms. The molecule has 0 aromatic carbocycles. The molecule has 0 heterocycles. The van der Waals surface area contributed by atoms with E-state index in [1.807, 2.05) is 12.2 Å². The second-order valence-corrected chi connectivity index (χ2v) is 3.80. The first-order valence-electron chi connectivity index (χ1n) is 5.12. The fourth-order valence-electron chi connectivity index (χ4n) is 1.50. The van der Waals surface area contributed by atoms with Gasteiger partial charge in [-0.05, 0) is 0 Å². The van der Waals surface area contributed by atoms with Crippen LogP contribution in [0.25, 0.3) is 0 Å². The van der Waals surface area contributed by atoms with Crippen LogP contribution in [0.2, 0.25) is 0 Å². The average molecular weight is 316 g/mol. The predicted octanol–water partition coefficient (Wildman–Crippen LogP) is -1.97. The van der Waals surface area contributed by atoms with E-state index in [9.17, 15) is 0 Å². The molecule has 0 amide bonds. The van der Waals surface area contributed by atoms with E-state index in [4.69, 9.17) is 0 Å². The second-order valence-electron chi connectivity index (χ2n) is 3.80. The van der Waals surface area contributed by atoms with Crippen molar-refractivity contribution < 1.29 is 35.6 Å². The molecule has 0 fully saturated rings. The van der Waals surface area contributed by atoms with Crippen molar-refractivity contribution in [3.8, 4) is 0 Å². The zero-order chi connectivity index (χ0) is 10.6. The van der Waals surface area contributed by atoms with Gasteiger partial charge in [0, 0.05) is 0 Å². The number of rotatable bonds is 0. The summed E-state index contributed by atoms with van der Waals surface area (Å²) in [6, 6.07) is 0. The van der Waals surface area contributed by atoms with Gasteiger partial charge in [-0.15, -0.1) is 13.3 Å². The molecule has 3 heteroatoms. The van der Waals surface area contributed by atoms with Gasteiger partial charge >= 0.3 is 26.2 Å². The van der Waals surface area contributed by atoms with Gasteiger partial charge in [0.15, 0.2) is 0 Å². The molecule has 0 saturated carbocycles. The Morgan fingerprint density at radius 3 is 1.88 bits per heavy atom. The van der Waals surface area contributed by atoms with Crippen molar-refractivity contribution in [3.63, 3.8) is 0 Å². The summed E-state index contributed by atoms with van der Waals surface area (Å²) in [6.45, 7) is 8.67. The van der Waals surface area contributed by atoms with Gasteiger partial charge in [0.05, 0.1) is 0 Å². The van der Waals surface area contributed by atoms with Gasteiger partial charge in [0.1, 0.15) is 0 Å². The van der Waals surface area contributed by atoms with Crippen LogP contribution in [0.4, 0.5) is 0 Å². The molecule has 2 aliphatic rings. The monoisotopic (exact) mass is 314 g/mol. The zero-order valence-corrected chi connectivity index (χ0v) is 13.2. The molecule has 0 nitrogen and oxygen atoms in total. The van der Waals surface area contributed by atoms with E-state index in [1.165, 1.54) is 16.7 Å². The van der Waals surface area contributed by atoms with E-state index >= 15 is 0 Å². The molecular formula is C14H18F2Zr. The molecule has 0 N–H and O–H groups in total. The maximum absolute atomic E-state index is 3.36. The van der Waals surface area contributed by atoms with Crippen molar-refractivity contribution in [1.82, 2.24) is 0 Å². The summed E-state index contributed by atoms with van der Waals surface area (Å²) < 4.78 is 0. The number of hydrogen-bond acceptors (Lipinski definition) is 0. The molecule has 0 spiro atoms. The van der Waals surface area contributed by atoms with Gasteiger partial charge in [-0.25, -0.2) is 17.7 Å². The van der Waals surface area contributed by atoms with Crippen molar-refractivity contribution in [1.29, 1.82) is 0 Å². The first kappa shape index (κ1) is 21.9. The Hall–Kier alpha value is -0.297. The normalized spacial score (nSPS) is 19.5. The molecule has 1 unspecified atom stereocenters. The number of hydrogen-bond donors (Lipinski definition) is 0. The minimum atomic E-state index is 0. The minimum absolute atomic E-state index is 0. The van der Waals surface area contributed by atoms with E-state index in [0.717, 1.165) is 6.42 Å². The Labute approximate surface area is 122 Å². The van der Waals surface area contributed by atoms with Crippen molar-refractivity contribution in [2.75, 3.05) is 0 Å². The first-order valence-corrected chi connectivity index (χ1v) is 5.12. The smallest absolute Gasteiger partial charge is 1.00 e. The first-order chi connectivity index (χ1) is 6.63. The second kappa shape index (κ2) is 10.8. The maximum Gasteiger partial charge on any atom is 4.00 e. The van der Waals surface area contributed by atoms with Crippen LogP contribution in [-0.2, 0) is 26.2 Å². The summed E-state index contributed by atoms with van der Waals surface area (Å²) >= 11 is 0. The van der Waals surface area contributed by atoms with Crippen LogP contribution in [0.15, 0.2) is 34.9 Å². The Kier molecular flexibility index (Phi) is 14.0. The van der Waals surface area contributed by atoms with E-state index in [0.29, 0.717) is 5.92 Å². The predicted molar refractivity (Wildman–Crippen MR) is 61.5 cm³/mol. The Bertz CT molecular complexity index is 315. The van der Waals surface area contributed by atoms with Crippen molar-refractivity contribution in [3.05, 3.63) is 47.1 Å². The van der Waals surface area contributed by atoms with Crippen LogP contribution >= 0.6 is 0 Å². The SMILES string of the molecule is CC1=[C-]C(C)C(C)=C1C.[C-]1=CC=CC1.[F-].[F-].[Zr+4]. The van der Waals surface area contributed by atoms with Gasteiger partial charge in [-0.3, -0.25) is 12.2 Å². The van der Waals surface area contributed by atoms with E-state index in [2.05, 4.69) is 45.9 Å². The molecule has 0 saturated heterocycles. The Balaban J connectivity index is -0.000000216. The van der Waals surface area contributed by atoms with E-state index < -0.39 is 0 Å². The zero-order valence-electron chi connectivity index (χ0n) is 10.8. The van der Waals surface area contributed by atoms with Gasteiger partial charge in [-0.2, -0.15) is 17.2 Å². The van der Waals surface area contributed by atoms with Crippen LogP contribution in [-0.4, -0.2) is 0 Å². The summed E-state index contributed by atoms with van der Waals surface area (Å²) in [5, 5.41) is 0. The Morgan fingerprint density at radius 1 is 1.18 bits per heavy atom. The molecule has 2 rings (SSSR count). The Morgan fingerprint density at radius 2 is 1.76 bits per heavy atom. The summed E-state index contributed by atoms with van der Waals surface area (Å²) in [4.78, 5) is 0. The molecule has 0 aromatic rings. The quantitative estimate of drug-likeness (QED) is 0.455. The van der Waals surface area contributed by atoms with E-state index in [-0.39, 0.29) is 35.6 Å². The van der Waals surface area contributed by atoms with Gasteiger partial charge in [0.25, 0.3) is 0 Å². The van der Waals surface area contributed by atoms with Crippen molar-refractivity contribution >= 4 is 0 Å². The molecular weight excluding hydrogens is 297 g/mol. The summed E-state index contributed by atoms with van der Waals surface area (Å²) in [5.74, 6) is 0.560. The van der Waals surface area contributed by atoms with Gasteiger partial charge in [-0.1, -0.05) is 26.7 Å². The topological polar surface area (TPSA) is 0 Å². The molecule has 17 heavy (non-hydrogen) atoms. The molecule has 92 valence electrons. The maximum atomic E-state index is 3.36. The molecule has 0 radical (unpaired) electrons. The largest absolute Gasteiger partial charge is 4.00 e. The third-order valence-corrected chi connectivity index (χ3v) is 2.82. The summed E-state index contributed by atoms with van der Waals surface area (Å²) in [5.41, 5.74) is 4.25. The fourth-order valence-corrected chi connectivity index (χ4v) is 1.50.